The zero-order chi connectivity index (χ0) is 19.3. The van der Waals surface area contributed by atoms with Gasteiger partial charge in [-0.1, -0.05) is 30.3 Å². The first-order valence-corrected chi connectivity index (χ1v) is 9.96. The van der Waals surface area contributed by atoms with Crippen LogP contribution in [0.5, 0.6) is 0 Å². The standard InChI is InChI=1S/C21H26N6O/c1-2-27-19(10-11-23-27)21(28)25-12-6-9-18(15-25)13-20-24-22-16-26(20)14-17-7-4-3-5-8-17/h3-5,7-8,10-11,16,18H,2,6,9,12-15H2,1H3. The van der Waals surface area contributed by atoms with E-state index in [1.165, 1.54) is 5.56 Å². The van der Waals surface area contributed by atoms with Crippen LogP contribution in [-0.2, 0) is 19.5 Å². The lowest BCUT2D eigenvalue weighted by molar-refractivity contribution is 0.0659. The average Bonchev–Trinajstić information content (AvgIpc) is 3.38. The Morgan fingerprint density at radius 3 is 2.89 bits per heavy atom. The first-order chi connectivity index (χ1) is 13.7. The number of aryl methyl sites for hydroxylation is 1. The molecule has 1 aliphatic heterocycles. The molecule has 3 aromatic rings. The van der Waals surface area contributed by atoms with Gasteiger partial charge in [0, 0.05) is 32.3 Å². The second-order valence-electron chi connectivity index (χ2n) is 7.36. The summed E-state index contributed by atoms with van der Waals surface area (Å²) in [5.41, 5.74) is 1.91. The molecule has 0 saturated carbocycles. The van der Waals surface area contributed by atoms with Gasteiger partial charge in [-0.2, -0.15) is 5.10 Å². The molecule has 3 heterocycles. The van der Waals surface area contributed by atoms with E-state index in [1.807, 2.05) is 36.1 Å². The van der Waals surface area contributed by atoms with Gasteiger partial charge in [-0.25, -0.2) is 0 Å². The molecule has 0 N–H and O–H groups in total. The van der Waals surface area contributed by atoms with E-state index in [2.05, 4.69) is 32.0 Å². The van der Waals surface area contributed by atoms with Crippen molar-refractivity contribution < 1.29 is 4.79 Å². The Balaban J connectivity index is 1.42. The smallest absolute Gasteiger partial charge is 0.272 e. The van der Waals surface area contributed by atoms with Gasteiger partial charge < -0.3 is 9.47 Å². The van der Waals surface area contributed by atoms with Crippen LogP contribution in [0, 0.1) is 5.92 Å². The Bertz CT molecular complexity index is 916. The molecule has 2 aromatic heterocycles. The number of nitrogens with zero attached hydrogens (tertiary/aromatic N) is 6. The molecule has 0 aliphatic carbocycles. The number of amides is 1. The van der Waals surface area contributed by atoms with E-state index >= 15 is 0 Å². The summed E-state index contributed by atoms with van der Waals surface area (Å²) in [6.45, 7) is 5.04. The zero-order valence-electron chi connectivity index (χ0n) is 16.2. The summed E-state index contributed by atoms with van der Waals surface area (Å²) >= 11 is 0. The van der Waals surface area contributed by atoms with Gasteiger partial charge in [0.15, 0.2) is 0 Å². The van der Waals surface area contributed by atoms with Crippen molar-refractivity contribution in [3.05, 3.63) is 66.0 Å². The number of rotatable bonds is 6. The molecule has 7 nitrogen and oxygen atoms in total. The van der Waals surface area contributed by atoms with Crippen LogP contribution in [0.2, 0.25) is 0 Å². The van der Waals surface area contributed by atoms with Crippen molar-refractivity contribution in [3.8, 4) is 0 Å². The molecular weight excluding hydrogens is 352 g/mol. The van der Waals surface area contributed by atoms with Crippen LogP contribution in [0.4, 0.5) is 0 Å². The van der Waals surface area contributed by atoms with Crippen LogP contribution >= 0.6 is 0 Å². The Morgan fingerprint density at radius 2 is 2.07 bits per heavy atom. The summed E-state index contributed by atoms with van der Waals surface area (Å²) in [5, 5.41) is 12.7. The molecule has 28 heavy (non-hydrogen) atoms. The number of piperidine rings is 1. The first kappa shape index (κ1) is 18.4. The molecular formula is C21H26N6O. The minimum absolute atomic E-state index is 0.0785. The molecule has 146 valence electrons. The molecule has 1 atom stereocenters. The lowest BCUT2D eigenvalue weighted by Gasteiger charge is -2.32. The summed E-state index contributed by atoms with van der Waals surface area (Å²) in [6.07, 6.45) is 6.46. The molecule has 7 heteroatoms. The van der Waals surface area contributed by atoms with Gasteiger partial charge in [-0.05, 0) is 37.3 Å². The molecule has 1 unspecified atom stereocenters. The fourth-order valence-corrected chi connectivity index (χ4v) is 3.95. The number of carbonyl (C=O) groups is 1. The van der Waals surface area contributed by atoms with Gasteiger partial charge in [0.1, 0.15) is 17.8 Å². The predicted octanol–water partition coefficient (Wildman–Crippen LogP) is 2.64. The SMILES string of the molecule is CCn1nccc1C(=O)N1CCCC(Cc2nncn2Cc2ccccc2)C1. The van der Waals surface area contributed by atoms with E-state index in [0.29, 0.717) is 18.2 Å². The second-order valence-corrected chi connectivity index (χ2v) is 7.36. The van der Waals surface area contributed by atoms with E-state index in [-0.39, 0.29) is 5.91 Å². The van der Waals surface area contributed by atoms with Crippen molar-refractivity contribution in [1.29, 1.82) is 0 Å². The van der Waals surface area contributed by atoms with Crippen molar-refractivity contribution in [2.45, 2.75) is 39.3 Å². The third-order valence-corrected chi connectivity index (χ3v) is 5.40. The van der Waals surface area contributed by atoms with Gasteiger partial charge in [0.25, 0.3) is 5.91 Å². The topological polar surface area (TPSA) is 68.8 Å². The van der Waals surface area contributed by atoms with Crippen molar-refractivity contribution in [1.82, 2.24) is 29.4 Å². The minimum atomic E-state index is 0.0785. The lowest BCUT2D eigenvalue weighted by Crippen LogP contribution is -2.41. The van der Waals surface area contributed by atoms with Crippen LogP contribution in [0.25, 0.3) is 0 Å². The largest absolute Gasteiger partial charge is 0.337 e. The van der Waals surface area contributed by atoms with Crippen LogP contribution < -0.4 is 0 Å². The predicted molar refractivity (Wildman–Crippen MR) is 106 cm³/mol. The van der Waals surface area contributed by atoms with Crippen LogP contribution in [-0.4, -0.2) is 48.4 Å². The summed E-state index contributed by atoms with van der Waals surface area (Å²) in [7, 11) is 0. The van der Waals surface area contributed by atoms with Gasteiger partial charge in [0.05, 0.1) is 6.54 Å². The highest BCUT2D eigenvalue weighted by atomic mass is 16.2. The monoisotopic (exact) mass is 378 g/mol. The number of likely N-dealkylation sites (tertiary alicyclic amines) is 1. The Morgan fingerprint density at radius 1 is 1.21 bits per heavy atom. The average molecular weight is 378 g/mol. The number of carbonyl (C=O) groups excluding carboxylic acids is 1. The number of aromatic nitrogens is 5. The highest BCUT2D eigenvalue weighted by molar-refractivity contribution is 5.92. The Kier molecular flexibility index (Phi) is 5.50. The van der Waals surface area contributed by atoms with Crippen LogP contribution in [0.3, 0.4) is 0 Å². The fourth-order valence-electron chi connectivity index (χ4n) is 3.95. The molecule has 1 amide bonds. The summed E-state index contributed by atoms with van der Waals surface area (Å²) < 4.78 is 3.88. The van der Waals surface area contributed by atoms with Gasteiger partial charge in [-0.3, -0.25) is 9.48 Å². The second kappa shape index (κ2) is 8.37. The maximum atomic E-state index is 12.9. The Hall–Kier alpha value is -2.96. The zero-order valence-corrected chi connectivity index (χ0v) is 16.2. The number of hydrogen-bond acceptors (Lipinski definition) is 4. The molecule has 1 aromatic carbocycles. The molecule has 1 fully saturated rings. The molecule has 0 radical (unpaired) electrons. The van der Waals surface area contributed by atoms with E-state index in [4.69, 9.17) is 0 Å². The third-order valence-electron chi connectivity index (χ3n) is 5.40. The van der Waals surface area contributed by atoms with Crippen molar-refractivity contribution in [2.24, 2.45) is 5.92 Å². The maximum absolute atomic E-state index is 12.9. The van der Waals surface area contributed by atoms with E-state index < -0.39 is 0 Å². The van der Waals surface area contributed by atoms with Crippen molar-refractivity contribution in [2.75, 3.05) is 13.1 Å². The molecule has 1 aliphatic rings. The first-order valence-electron chi connectivity index (χ1n) is 9.96. The minimum Gasteiger partial charge on any atom is -0.337 e. The summed E-state index contributed by atoms with van der Waals surface area (Å²) in [5.74, 6) is 1.46. The van der Waals surface area contributed by atoms with Crippen LogP contribution in [0.15, 0.2) is 48.9 Å². The summed E-state index contributed by atoms with van der Waals surface area (Å²) in [4.78, 5) is 14.9. The maximum Gasteiger partial charge on any atom is 0.272 e. The highest BCUT2D eigenvalue weighted by Gasteiger charge is 2.27. The van der Waals surface area contributed by atoms with E-state index in [1.54, 1.807) is 17.2 Å². The number of hydrogen-bond donors (Lipinski definition) is 0. The molecule has 1 saturated heterocycles. The van der Waals surface area contributed by atoms with Crippen LogP contribution in [0.1, 0.15) is 41.6 Å². The van der Waals surface area contributed by atoms with Crippen molar-refractivity contribution in [3.63, 3.8) is 0 Å². The van der Waals surface area contributed by atoms with E-state index in [0.717, 1.165) is 44.7 Å². The normalized spacial score (nSPS) is 17.0. The highest BCUT2D eigenvalue weighted by Crippen LogP contribution is 2.22. The van der Waals surface area contributed by atoms with E-state index in [9.17, 15) is 4.79 Å². The third kappa shape index (κ3) is 3.98. The molecule has 4 rings (SSSR count). The number of benzene rings is 1. The van der Waals surface area contributed by atoms with Gasteiger partial charge >= 0.3 is 0 Å². The fraction of sp³-hybridized carbons (Fsp3) is 0.429. The molecule has 0 bridgehead atoms. The lowest BCUT2D eigenvalue weighted by atomic mass is 9.94. The van der Waals surface area contributed by atoms with Crippen molar-refractivity contribution >= 4 is 5.91 Å². The van der Waals surface area contributed by atoms with Gasteiger partial charge in [0.2, 0.25) is 0 Å². The Labute approximate surface area is 165 Å². The quantitative estimate of drug-likeness (QED) is 0.661. The molecule has 0 spiro atoms. The van der Waals surface area contributed by atoms with Gasteiger partial charge in [-0.15, -0.1) is 10.2 Å². The summed E-state index contributed by atoms with van der Waals surface area (Å²) in [6, 6.07) is 12.2.